The molecule has 2 aromatic rings. The number of carbonyl (C=O) groups excluding carboxylic acids is 2. The van der Waals surface area contributed by atoms with Gasteiger partial charge in [-0.15, -0.1) is 0 Å². The van der Waals surface area contributed by atoms with Crippen LogP contribution in [0.4, 0.5) is 10.5 Å². The molecule has 2 amide bonds. The van der Waals surface area contributed by atoms with Gasteiger partial charge in [0.1, 0.15) is 17.4 Å². The lowest BCUT2D eigenvalue weighted by atomic mass is 9.75. The Morgan fingerprint density at radius 1 is 1.16 bits per heavy atom. The minimum absolute atomic E-state index is 0.0190. The van der Waals surface area contributed by atoms with Crippen LogP contribution in [0.15, 0.2) is 53.4 Å². The molecule has 3 aliphatic heterocycles. The summed E-state index contributed by atoms with van der Waals surface area (Å²) < 4.78 is 34.7. The van der Waals surface area contributed by atoms with Crippen LogP contribution < -0.4 is 19.7 Å². The van der Waals surface area contributed by atoms with Crippen LogP contribution in [0.5, 0.6) is 5.75 Å². The average Bonchev–Trinajstić information content (AvgIpc) is 3.51. The van der Waals surface area contributed by atoms with Gasteiger partial charge in [-0.2, -0.15) is 0 Å². The molecule has 5 unspecified atom stereocenters. The van der Waals surface area contributed by atoms with Gasteiger partial charge in [0, 0.05) is 43.1 Å². The minimum Gasteiger partial charge on any atom is -0.491 e. The fourth-order valence-electron chi connectivity index (χ4n) is 7.69. The van der Waals surface area contributed by atoms with Crippen molar-refractivity contribution in [2.75, 3.05) is 51.4 Å². The fourth-order valence-corrected chi connectivity index (χ4v) is 8.78. The van der Waals surface area contributed by atoms with Crippen LogP contribution in [0.3, 0.4) is 0 Å². The lowest BCUT2D eigenvalue weighted by Gasteiger charge is -2.46. The number of hydrogen-bond acceptors (Lipinski definition) is 8. The van der Waals surface area contributed by atoms with Crippen LogP contribution in [-0.2, 0) is 31.7 Å². The van der Waals surface area contributed by atoms with Crippen molar-refractivity contribution < 1.29 is 28.0 Å². The summed E-state index contributed by atoms with van der Waals surface area (Å²) >= 11 is 6.45. The molecule has 1 saturated carbocycles. The average molecular weight is 727 g/mol. The molecule has 50 heavy (non-hydrogen) atoms. The number of nitrogens with one attached hydrogen (secondary N) is 2. The van der Waals surface area contributed by atoms with Crippen LogP contribution in [0.1, 0.15) is 75.8 Å². The third-order valence-corrected chi connectivity index (χ3v) is 12.2. The zero-order valence-corrected chi connectivity index (χ0v) is 31.0. The lowest BCUT2D eigenvalue weighted by Crippen LogP contribution is -2.61. The summed E-state index contributed by atoms with van der Waals surface area (Å²) in [5, 5.41) is 3.71. The molecule has 2 aromatic carbocycles. The first-order chi connectivity index (χ1) is 24.2. The summed E-state index contributed by atoms with van der Waals surface area (Å²) in [6.07, 6.45) is 9.55. The first-order valence-corrected chi connectivity index (χ1v) is 19.7. The Bertz CT molecular complexity index is 1580. The maximum Gasteiger partial charge on any atom is 0.408 e. The number of halogens is 1. The Hall–Kier alpha value is -3.12. The minimum atomic E-state index is -1.75. The molecule has 2 fully saturated rings. The molecule has 1 saturated heterocycles. The van der Waals surface area contributed by atoms with E-state index in [-0.39, 0.29) is 23.8 Å². The number of anilines is 1. The smallest absolute Gasteiger partial charge is 0.408 e. The molecular weight excluding hydrogens is 676 g/mol. The SMILES string of the molecule is CCCc1cc(Cl)ccc1C1COc2ccc3cc2N(CCC(CC)C(OC(=O)NC2CCOC2)/C=C/CN(C)C2(CCC2)C(=O)NS3=O)C1. The molecule has 12 heteroatoms. The third kappa shape index (κ3) is 8.16. The number of rotatable bonds is 6. The van der Waals surface area contributed by atoms with Crippen molar-refractivity contribution in [3.8, 4) is 5.75 Å². The van der Waals surface area contributed by atoms with Crippen molar-refractivity contribution in [3.05, 3.63) is 64.7 Å². The largest absolute Gasteiger partial charge is 0.491 e. The van der Waals surface area contributed by atoms with Gasteiger partial charge in [0.15, 0.2) is 11.0 Å². The van der Waals surface area contributed by atoms with E-state index in [0.717, 1.165) is 49.2 Å². The van der Waals surface area contributed by atoms with E-state index in [1.165, 1.54) is 11.1 Å². The molecule has 2 bridgehead atoms. The third-order valence-electron chi connectivity index (χ3n) is 10.9. The van der Waals surface area contributed by atoms with Crippen LogP contribution >= 0.6 is 11.6 Å². The zero-order valence-electron chi connectivity index (χ0n) is 29.5. The summed E-state index contributed by atoms with van der Waals surface area (Å²) in [6, 6.07) is 11.6. The topological polar surface area (TPSA) is 109 Å². The predicted molar refractivity (Wildman–Crippen MR) is 196 cm³/mol. The summed E-state index contributed by atoms with van der Waals surface area (Å²) in [7, 11) is 0.176. The van der Waals surface area contributed by atoms with Gasteiger partial charge >= 0.3 is 6.09 Å². The standard InChI is InChI=1S/C38H51ClN4O6S/c1-4-8-27-21-29(39)10-12-32(27)28-23-43-19-14-26(5-2)34(49-37(45)40-30-15-20-47-25-30)9-6-18-42(3)38(16-7-17-38)36(44)41-50(46)31-11-13-35(48-24-28)33(43)22-31/h6,9-13,21-22,26,28,30,34H,4-5,7-8,14-20,23-25H2,1-3H3,(H,40,45)(H,41,44)/b9-6+. The molecule has 3 heterocycles. The molecule has 0 aromatic heterocycles. The predicted octanol–water partition coefficient (Wildman–Crippen LogP) is 6.14. The summed E-state index contributed by atoms with van der Waals surface area (Å²) in [6.45, 7) is 7.69. The van der Waals surface area contributed by atoms with Gasteiger partial charge in [-0.3, -0.25) is 14.4 Å². The molecule has 272 valence electrons. The van der Waals surface area contributed by atoms with E-state index in [0.29, 0.717) is 62.9 Å². The summed E-state index contributed by atoms with van der Waals surface area (Å²) in [4.78, 5) is 31.8. The molecule has 1 aliphatic carbocycles. The molecule has 1 spiro atoms. The monoisotopic (exact) mass is 726 g/mol. The Morgan fingerprint density at radius 3 is 2.72 bits per heavy atom. The van der Waals surface area contributed by atoms with E-state index >= 15 is 0 Å². The maximum absolute atomic E-state index is 13.8. The molecule has 2 N–H and O–H groups in total. The second-order valence-electron chi connectivity index (χ2n) is 14.1. The van der Waals surface area contributed by atoms with Crippen molar-refractivity contribution in [1.82, 2.24) is 14.9 Å². The van der Waals surface area contributed by atoms with E-state index in [9.17, 15) is 13.8 Å². The normalized spacial score (nSPS) is 27.8. The van der Waals surface area contributed by atoms with Gasteiger partial charge in [-0.05, 0) is 99.5 Å². The van der Waals surface area contributed by atoms with E-state index < -0.39 is 28.7 Å². The molecule has 5 atom stereocenters. The van der Waals surface area contributed by atoms with Gasteiger partial charge in [-0.1, -0.05) is 44.0 Å². The number of alkyl carbamates (subject to hydrolysis) is 1. The van der Waals surface area contributed by atoms with Crippen LogP contribution in [0.25, 0.3) is 0 Å². The molecule has 10 nitrogen and oxygen atoms in total. The van der Waals surface area contributed by atoms with Crippen LogP contribution in [0.2, 0.25) is 5.02 Å². The number of carbonyl (C=O) groups is 2. The van der Waals surface area contributed by atoms with Crippen LogP contribution in [0, 0.1) is 5.92 Å². The van der Waals surface area contributed by atoms with Gasteiger partial charge < -0.3 is 24.4 Å². The number of nitrogens with zero attached hydrogens (tertiary/aromatic N) is 2. The Kier molecular flexibility index (Phi) is 12.1. The second-order valence-corrected chi connectivity index (χ2v) is 15.8. The van der Waals surface area contributed by atoms with Crippen LogP contribution in [-0.4, -0.2) is 85.3 Å². The quantitative estimate of drug-likeness (QED) is 0.342. The first kappa shape index (κ1) is 36.7. The Morgan fingerprint density at radius 2 is 2.00 bits per heavy atom. The molecular formula is C38H51ClN4O6S. The molecule has 4 aliphatic rings. The Labute approximate surface area is 303 Å². The Balaban J connectivity index is 1.35. The number of likely N-dealkylation sites (N-methyl/N-ethyl adjacent to an activating group) is 1. The lowest BCUT2D eigenvalue weighted by molar-refractivity contribution is -0.136. The highest BCUT2D eigenvalue weighted by Crippen LogP contribution is 2.40. The van der Waals surface area contributed by atoms with Crippen molar-refractivity contribution >= 4 is 40.3 Å². The van der Waals surface area contributed by atoms with Crippen molar-refractivity contribution in [3.63, 3.8) is 0 Å². The summed E-state index contributed by atoms with van der Waals surface area (Å²) in [5.74, 6) is 0.545. The number of aryl methyl sites for hydroxylation is 1. The van der Waals surface area contributed by atoms with E-state index in [1.807, 2.05) is 42.3 Å². The number of ether oxygens (including phenoxy) is 3. The van der Waals surface area contributed by atoms with E-state index in [4.69, 9.17) is 25.8 Å². The van der Waals surface area contributed by atoms with E-state index in [2.05, 4.69) is 40.9 Å². The highest BCUT2D eigenvalue weighted by molar-refractivity contribution is 7.83. The van der Waals surface area contributed by atoms with Gasteiger partial charge in [0.2, 0.25) is 0 Å². The van der Waals surface area contributed by atoms with Gasteiger partial charge in [0.05, 0.1) is 29.8 Å². The highest BCUT2D eigenvalue weighted by atomic mass is 35.5. The number of hydrogen-bond donors (Lipinski definition) is 2. The number of amides is 2. The molecule has 0 radical (unpaired) electrons. The van der Waals surface area contributed by atoms with Crippen molar-refractivity contribution in [1.29, 1.82) is 0 Å². The van der Waals surface area contributed by atoms with Gasteiger partial charge in [0.25, 0.3) is 5.91 Å². The first-order valence-electron chi connectivity index (χ1n) is 18.2. The zero-order chi connectivity index (χ0) is 35.3. The molecule has 6 rings (SSSR count). The van der Waals surface area contributed by atoms with Gasteiger partial charge in [-0.25, -0.2) is 9.00 Å². The van der Waals surface area contributed by atoms with Crippen molar-refractivity contribution in [2.24, 2.45) is 5.92 Å². The van der Waals surface area contributed by atoms with E-state index in [1.54, 1.807) is 6.07 Å². The fraction of sp³-hybridized carbons (Fsp3) is 0.579. The second kappa shape index (κ2) is 16.5. The summed E-state index contributed by atoms with van der Waals surface area (Å²) in [5.41, 5.74) is 2.52. The number of fused-ring (bicyclic) bond motifs is 1. The number of benzene rings is 2. The highest BCUT2D eigenvalue weighted by Gasteiger charge is 2.48. The van der Waals surface area contributed by atoms with Crippen molar-refractivity contribution in [2.45, 2.75) is 93.7 Å². The maximum atomic E-state index is 13.8.